The van der Waals surface area contributed by atoms with Gasteiger partial charge in [-0.1, -0.05) is 26.0 Å². The fourth-order valence-corrected chi connectivity index (χ4v) is 2.10. The number of carbonyl (C=O) groups excluding carboxylic acids is 3. The van der Waals surface area contributed by atoms with E-state index in [4.69, 9.17) is 9.47 Å². The van der Waals surface area contributed by atoms with Gasteiger partial charge in [-0.05, 0) is 23.6 Å². The van der Waals surface area contributed by atoms with Gasteiger partial charge in [0, 0.05) is 19.5 Å². The highest BCUT2D eigenvalue weighted by Gasteiger charge is 2.47. The Morgan fingerprint density at radius 1 is 1.09 bits per heavy atom. The fourth-order valence-electron chi connectivity index (χ4n) is 2.10. The largest absolute Gasteiger partial charge is 0.422 e. The van der Waals surface area contributed by atoms with Gasteiger partial charge in [-0.25, -0.2) is 0 Å². The number of nitrogens with one attached hydrogen (secondary N) is 1. The van der Waals surface area contributed by atoms with E-state index in [1.807, 2.05) is 12.1 Å². The van der Waals surface area contributed by atoms with Crippen LogP contribution in [0.25, 0.3) is 0 Å². The minimum absolute atomic E-state index is 0.371. The average molecular weight is 305 g/mol. The van der Waals surface area contributed by atoms with Gasteiger partial charge in [0.2, 0.25) is 11.8 Å². The summed E-state index contributed by atoms with van der Waals surface area (Å²) in [4.78, 5) is 35.7. The maximum Gasteiger partial charge on any atom is 0.333 e. The molecule has 0 bridgehead atoms. The lowest BCUT2D eigenvalue weighted by atomic mass is 10.0. The molecule has 1 N–H and O–H groups in total. The highest BCUT2D eigenvalue weighted by atomic mass is 16.7. The van der Waals surface area contributed by atoms with Crippen LogP contribution in [0.3, 0.4) is 0 Å². The number of esters is 2. The fraction of sp³-hybridized carbons (Fsp3) is 0.438. The van der Waals surface area contributed by atoms with E-state index in [1.165, 1.54) is 13.8 Å². The second kappa shape index (κ2) is 5.79. The second-order valence-corrected chi connectivity index (χ2v) is 5.94. The second-order valence-electron chi connectivity index (χ2n) is 5.94. The van der Waals surface area contributed by atoms with Gasteiger partial charge < -0.3 is 14.8 Å². The van der Waals surface area contributed by atoms with Crippen LogP contribution in [0.2, 0.25) is 0 Å². The summed E-state index contributed by atoms with van der Waals surface area (Å²) in [6.45, 7) is 6.98. The molecule has 118 valence electrons. The van der Waals surface area contributed by atoms with Gasteiger partial charge in [0.25, 0.3) is 5.79 Å². The molecule has 6 heteroatoms. The Kier molecular flexibility index (Phi) is 4.21. The molecule has 22 heavy (non-hydrogen) atoms. The summed E-state index contributed by atoms with van der Waals surface area (Å²) in [5.41, 5.74) is 1.62. The van der Waals surface area contributed by atoms with Crippen molar-refractivity contribution in [3.05, 3.63) is 29.8 Å². The molecule has 1 aliphatic rings. The number of amides is 1. The molecule has 0 aliphatic carbocycles. The number of benzene rings is 1. The zero-order valence-electron chi connectivity index (χ0n) is 13.0. The number of rotatable bonds is 3. The predicted molar refractivity (Wildman–Crippen MR) is 78.9 cm³/mol. The van der Waals surface area contributed by atoms with Crippen molar-refractivity contribution in [2.24, 2.45) is 5.92 Å². The van der Waals surface area contributed by atoms with Crippen LogP contribution in [-0.2, 0) is 23.9 Å². The summed E-state index contributed by atoms with van der Waals surface area (Å²) in [5.74, 6) is -5.14. The lowest BCUT2D eigenvalue weighted by Crippen LogP contribution is -2.50. The Hall–Kier alpha value is -2.37. The number of anilines is 1. The predicted octanol–water partition coefficient (Wildman–Crippen LogP) is 2.20. The number of cyclic esters (lactones) is 2. The molecule has 1 heterocycles. The molecule has 0 unspecified atom stereocenters. The highest BCUT2D eigenvalue weighted by molar-refractivity contribution is 6.18. The van der Waals surface area contributed by atoms with Crippen molar-refractivity contribution in [2.45, 2.75) is 39.4 Å². The topological polar surface area (TPSA) is 81.7 Å². The molecule has 1 aromatic rings. The van der Waals surface area contributed by atoms with E-state index in [9.17, 15) is 14.4 Å². The summed E-state index contributed by atoms with van der Waals surface area (Å²) < 4.78 is 9.85. The SMILES string of the molecule is CC(C)c1ccc(NC(=O)C2C(=O)OC(C)(C)OC2=O)cc1. The molecule has 0 atom stereocenters. The summed E-state index contributed by atoms with van der Waals surface area (Å²) in [6, 6.07) is 7.19. The van der Waals surface area contributed by atoms with Crippen molar-refractivity contribution in [1.82, 2.24) is 0 Å². The maximum atomic E-state index is 12.1. The number of carbonyl (C=O) groups is 3. The molecule has 2 rings (SSSR count). The van der Waals surface area contributed by atoms with Crippen molar-refractivity contribution >= 4 is 23.5 Å². The van der Waals surface area contributed by atoms with Crippen LogP contribution in [0.5, 0.6) is 0 Å². The smallest absolute Gasteiger partial charge is 0.333 e. The number of hydrogen-bond donors (Lipinski definition) is 1. The molecule has 1 saturated heterocycles. The molecule has 0 radical (unpaired) electrons. The zero-order valence-corrected chi connectivity index (χ0v) is 13.0. The summed E-state index contributed by atoms with van der Waals surface area (Å²) in [5, 5.41) is 2.53. The molecule has 6 nitrogen and oxygen atoms in total. The van der Waals surface area contributed by atoms with Gasteiger partial charge in [-0.15, -0.1) is 0 Å². The third kappa shape index (κ3) is 3.44. The summed E-state index contributed by atoms with van der Waals surface area (Å²) in [6.07, 6.45) is 0. The van der Waals surface area contributed by atoms with E-state index in [-0.39, 0.29) is 0 Å². The Morgan fingerprint density at radius 2 is 1.59 bits per heavy atom. The van der Waals surface area contributed by atoms with Crippen molar-refractivity contribution in [3.63, 3.8) is 0 Å². The first-order valence-electron chi connectivity index (χ1n) is 7.06. The first kappa shape index (κ1) is 16.0. The van der Waals surface area contributed by atoms with Crippen LogP contribution >= 0.6 is 0 Å². The number of hydrogen-bond acceptors (Lipinski definition) is 5. The van der Waals surface area contributed by atoms with Crippen LogP contribution in [0.4, 0.5) is 5.69 Å². The van der Waals surface area contributed by atoms with Gasteiger partial charge in [-0.3, -0.25) is 14.4 Å². The molecule has 1 amide bonds. The van der Waals surface area contributed by atoms with Crippen LogP contribution in [0.1, 0.15) is 39.2 Å². The molecule has 0 spiro atoms. The van der Waals surface area contributed by atoms with Crippen LogP contribution < -0.4 is 5.32 Å². The van der Waals surface area contributed by atoms with Crippen LogP contribution in [0, 0.1) is 5.92 Å². The van der Waals surface area contributed by atoms with Crippen molar-refractivity contribution in [3.8, 4) is 0 Å². The maximum absolute atomic E-state index is 12.1. The standard InChI is InChI=1S/C16H19NO5/c1-9(2)10-5-7-11(8-6-10)17-13(18)12-14(19)21-16(3,4)22-15(12)20/h5-9,12H,1-4H3,(H,17,18). The molecular formula is C16H19NO5. The zero-order chi connectivity index (χ0) is 16.5. The first-order chi connectivity index (χ1) is 10.2. The highest BCUT2D eigenvalue weighted by Crippen LogP contribution is 2.24. The lowest BCUT2D eigenvalue weighted by molar-refractivity contribution is -0.238. The van der Waals surface area contributed by atoms with Gasteiger partial charge in [0.05, 0.1) is 0 Å². The van der Waals surface area contributed by atoms with Crippen LogP contribution in [-0.4, -0.2) is 23.6 Å². The normalized spacial score (nSPS) is 17.9. The molecule has 0 saturated carbocycles. The van der Waals surface area contributed by atoms with E-state index >= 15 is 0 Å². The summed E-state index contributed by atoms with van der Waals surface area (Å²) >= 11 is 0. The minimum atomic E-state index is -1.60. The van der Waals surface area contributed by atoms with E-state index in [1.54, 1.807) is 12.1 Å². The van der Waals surface area contributed by atoms with Gasteiger partial charge >= 0.3 is 11.9 Å². The molecule has 1 aliphatic heterocycles. The van der Waals surface area contributed by atoms with Crippen LogP contribution in [0.15, 0.2) is 24.3 Å². The van der Waals surface area contributed by atoms with Crippen molar-refractivity contribution in [1.29, 1.82) is 0 Å². The minimum Gasteiger partial charge on any atom is -0.422 e. The molecule has 0 aromatic heterocycles. The van der Waals surface area contributed by atoms with Gasteiger partial charge in [0.1, 0.15) is 0 Å². The van der Waals surface area contributed by atoms with E-state index < -0.39 is 29.6 Å². The van der Waals surface area contributed by atoms with E-state index in [2.05, 4.69) is 19.2 Å². The molecule has 1 aromatic carbocycles. The van der Waals surface area contributed by atoms with E-state index in [0.29, 0.717) is 11.6 Å². The Bertz CT molecular complexity index is 583. The van der Waals surface area contributed by atoms with E-state index in [0.717, 1.165) is 5.56 Å². The molecular weight excluding hydrogens is 286 g/mol. The van der Waals surface area contributed by atoms with Crippen molar-refractivity contribution < 1.29 is 23.9 Å². The first-order valence-corrected chi connectivity index (χ1v) is 7.06. The number of ether oxygens (including phenoxy) is 2. The lowest BCUT2D eigenvalue weighted by Gasteiger charge is -2.32. The van der Waals surface area contributed by atoms with Gasteiger partial charge in [-0.2, -0.15) is 0 Å². The van der Waals surface area contributed by atoms with Gasteiger partial charge in [0.15, 0.2) is 0 Å². The van der Waals surface area contributed by atoms with Crippen molar-refractivity contribution in [2.75, 3.05) is 5.32 Å². The quantitative estimate of drug-likeness (QED) is 0.684. The summed E-state index contributed by atoms with van der Waals surface area (Å²) in [7, 11) is 0. The Morgan fingerprint density at radius 3 is 2.05 bits per heavy atom. The monoisotopic (exact) mass is 305 g/mol. The Labute approximate surface area is 128 Å². The molecule has 1 fully saturated rings. The average Bonchev–Trinajstić information content (AvgIpc) is 2.36. The third-order valence-corrected chi connectivity index (χ3v) is 3.27. The third-order valence-electron chi connectivity index (χ3n) is 3.27. The Balaban J connectivity index is 2.09.